The molecule has 3 aromatic heterocycles. The highest BCUT2D eigenvalue weighted by Gasteiger charge is 2.46. The lowest BCUT2D eigenvalue weighted by Gasteiger charge is -2.38. The van der Waals surface area contributed by atoms with Gasteiger partial charge < -0.3 is 31.9 Å². The first-order chi connectivity index (χ1) is 32.7. The number of anilines is 3. The molecule has 12 nitrogen and oxygen atoms in total. The summed E-state index contributed by atoms with van der Waals surface area (Å²) < 4.78 is 118. The van der Waals surface area contributed by atoms with Gasteiger partial charge in [-0.3, -0.25) is 15.0 Å². The number of benzene rings is 3. The maximum absolute atomic E-state index is 13.1. The molecule has 6 atom stereocenters. The summed E-state index contributed by atoms with van der Waals surface area (Å²) in [6.45, 7) is 0.653. The van der Waals surface area contributed by atoms with Gasteiger partial charge in [-0.05, 0) is 92.1 Å². The van der Waals surface area contributed by atoms with Gasteiger partial charge in [0.1, 0.15) is 18.2 Å². The third kappa shape index (κ3) is 11.3. The predicted molar refractivity (Wildman–Crippen MR) is 242 cm³/mol. The standard InChI is InChI=1S/3C16H15F3N4/c3*17-16(18,19)11-6-12(21)9-23(8-11)14-4-3-10(7-20)15-13(14)2-1-5-22-15/h3*1-5,11-12H,6,8-9,21H2. The van der Waals surface area contributed by atoms with Crippen LogP contribution in [0.25, 0.3) is 32.7 Å². The zero-order chi connectivity index (χ0) is 49.8. The first-order valence-corrected chi connectivity index (χ1v) is 21.7. The lowest BCUT2D eigenvalue weighted by Crippen LogP contribution is -2.51. The van der Waals surface area contributed by atoms with E-state index in [2.05, 4.69) is 33.2 Å². The number of rotatable bonds is 3. The number of nitrogens with two attached hydrogens (primary N) is 3. The molecular formula is C48H45F9N12. The van der Waals surface area contributed by atoms with Crippen LogP contribution in [-0.4, -0.2) is 90.9 Å². The molecule has 6 unspecified atom stereocenters. The average molecular weight is 961 g/mol. The summed E-state index contributed by atoms with van der Waals surface area (Å²) in [6.07, 6.45) is -8.30. The highest BCUT2D eigenvalue weighted by molar-refractivity contribution is 5.97. The SMILES string of the molecule is N#Cc1ccc(N2CC(N)CC(C(F)(F)F)C2)c2cccnc12.N#Cc1ccc(N2CC(N)CC(C(F)(F)F)C2)c2cccnc12.N#Cc1ccc(N2CC(N)CC(C(F)(F)F)C2)c2cccnc12. The Bertz CT molecular complexity index is 2610. The lowest BCUT2D eigenvalue weighted by atomic mass is 9.93. The average Bonchev–Trinajstić information content (AvgIpc) is 3.32. The number of hydrogen-bond donors (Lipinski definition) is 3. The second-order valence-electron chi connectivity index (χ2n) is 17.3. The maximum atomic E-state index is 13.1. The fourth-order valence-electron chi connectivity index (χ4n) is 9.29. The number of pyridine rings is 3. The smallest absolute Gasteiger partial charge is 0.369 e. The van der Waals surface area contributed by atoms with E-state index in [1.54, 1.807) is 106 Å². The van der Waals surface area contributed by atoms with Gasteiger partial charge >= 0.3 is 18.5 Å². The quantitative estimate of drug-likeness (QED) is 0.143. The van der Waals surface area contributed by atoms with Crippen molar-refractivity contribution in [2.24, 2.45) is 35.0 Å². The van der Waals surface area contributed by atoms with Gasteiger partial charge in [-0.25, -0.2) is 0 Å². The minimum Gasteiger partial charge on any atom is -0.369 e. The Balaban J connectivity index is 0.000000153. The van der Waals surface area contributed by atoms with Crippen molar-refractivity contribution in [2.45, 2.75) is 55.9 Å². The van der Waals surface area contributed by atoms with Gasteiger partial charge in [0.05, 0.1) is 51.0 Å². The molecule has 3 aromatic carbocycles. The molecule has 6 N–H and O–H groups in total. The van der Waals surface area contributed by atoms with Gasteiger partial charge in [0.25, 0.3) is 0 Å². The monoisotopic (exact) mass is 960 g/mol. The number of piperidine rings is 3. The van der Waals surface area contributed by atoms with Crippen molar-refractivity contribution in [3.63, 3.8) is 0 Å². The summed E-state index contributed by atoms with van der Waals surface area (Å²) in [4.78, 5) is 17.5. The van der Waals surface area contributed by atoms with E-state index >= 15 is 0 Å². The number of aromatic nitrogens is 3. The van der Waals surface area contributed by atoms with Crippen molar-refractivity contribution >= 4 is 49.8 Å². The van der Waals surface area contributed by atoms with E-state index in [0.29, 0.717) is 86.1 Å². The summed E-state index contributed by atoms with van der Waals surface area (Å²) in [6, 6.07) is 24.7. The zero-order valence-electron chi connectivity index (χ0n) is 36.6. The summed E-state index contributed by atoms with van der Waals surface area (Å²) >= 11 is 0. The minimum atomic E-state index is -4.27. The van der Waals surface area contributed by atoms with Crippen LogP contribution in [0, 0.1) is 51.7 Å². The predicted octanol–water partition coefficient (Wildman–Crippen LogP) is 8.47. The van der Waals surface area contributed by atoms with E-state index in [-0.39, 0.29) is 38.9 Å². The van der Waals surface area contributed by atoms with E-state index in [1.807, 2.05) is 0 Å². The Hall–Kier alpha value is -6.99. The number of nitriles is 3. The normalized spacial score (nSPS) is 22.1. The molecule has 0 radical (unpaired) electrons. The number of hydrogen-bond acceptors (Lipinski definition) is 12. The molecule has 6 heterocycles. The largest absolute Gasteiger partial charge is 0.393 e. The van der Waals surface area contributed by atoms with Crippen LogP contribution in [0.4, 0.5) is 56.6 Å². The molecule has 3 saturated heterocycles. The van der Waals surface area contributed by atoms with Crippen LogP contribution in [0.2, 0.25) is 0 Å². The Morgan fingerprint density at radius 2 is 0.681 bits per heavy atom. The fraction of sp³-hybridized carbons (Fsp3) is 0.375. The molecule has 69 heavy (non-hydrogen) atoms. The lowest BCUT2D eigenvalue weighted by molar-refractivity contribution is -0.177. The Morgan fingerprint density at radius 3 is 0.913 bits per heavy atom. The van der Waals surface area contributed by atoms with Gasteiger partial charge in [0.2, 0.25) is 0 Å². The summed E-state index contributed by atoms with van der Waals surface area (Å²) in [5.41, 5.74) is 22.1. The first-order valence-electron chi connectivity index (χ1n) is 21.7. The molecule has 3 aliphatic rings. The van der Waals surface area contributed by atoms with Crippen LogP contribution in [0.1, 0.15) is 36.0 Å². The van der Waals surface area contributed by atoms with Crippen LogP contribution in [0.5, 0.6) is 0 Å². The van der Waals surface area contributed by atoms with E-state index in [4.69, 9.17) is 33.0 Å². The molecule has 360 valence electrons. The fourth-order valence-corrected chi connectivity index (χ4v) is 9.29. The number of halogens is 9. The molecule has 0 spiro atoms. The van der Waals surface area contributed by atoms with E-state index in [0.717, 1.165) is 0 Å². The second kappa shape index (κ2) is 20.3. The highest BCUT2D eigenvalue weighted by Crippen LogP contribution is 2.40. The number of fused-ring (bicyclic) bond motifs is 3. The second-order valence-corrected chi connectivity index (χ2v) is 17.3. The van der Waals surface area contributed by atoms with Gasteiger partial charge in [-0.2, -0.15) is 55.3 Å². The Morgan fingerprint density at radius 1 is 0.420 bits per heavy atom. The highest BCUT2D eigenvalue weighted by atomic mass is 19.4. The maximum Gasteiger partial charge on any atom is 0.393 e. The molecular weight excluding hydrogens is 916 g/mol. The Kier molecular flexibility index (Phi) is 14.7. The molecule has 6 aromatic rings. The molecule has 0 saturated carbocycles. The molecule has 9 rings (SSSR count). The molecule has 0 amide bonds. The van der Waals surface area contributed by atoms with Crippen molar-refractivity contribution < 1.29 is 39.5 Å². The van der Waals surface area contributed by atoms with E-state index in [1.165, 1.54) is 0 Å². The first kappa shape index (κ1) is 49.9. The third-order valence-corrected chi connectivity index (χ3v) is 12.5. The van der Waals surface area contributed by atoms with Gasteiger partial charge in [-0.1, -0.05) is 0 Å². The number of alkyl halides is 9. The van der Waals surface area contributed by atoms with Gasteiger partial charge in [-0.15, -0.1) is 0 Å². The molecule has 0 bridgehead atoms. The zero-order valence-corrected chi connectivity index (χ0v) is 36.6. The molecule has 0 aliphatic carbocycles. The summed E-state index contributed by atoms with van der Waals surface area (Å²) in [7, 11) is 0. The minimum absolute atomic E-state index is 0.0630. The van der Waals surface area contributed by atoms with Crippen molar-refractivity contribution in [1.29, 1.82) is 15.8 Å². The van der Waals surface area contributed by atoms with Crippen LogP contribution >= 0.6 is 0 Å². The molecule has 21 heteroatoms. The third-order valence-electron chi connectivity index (χ3n) is 12.5. The van der Waals surface area contributed by atoms with Crippen LogP contribution in [-0.2, 0) is 0 Å². The molecule has 3 fully saturated rings. The van der Waals surface area contributed by atoms with Crippen molar-refractivity contribution in [3.8, 4) is 18.2 Å². The van der Waals surface area contributed by atoms with Gasteiger partial charge in [0.15, 0.2) is 0 Å². The van der Waals surface area contributed by atoms with Crippen LogP contribution in [0.15, 0.2) is 91.4 Å². The number of nitrogens with zero attached hydrogens (tertiary/aromatic N) is 9. The summed E-state index contributed by atoms with van der Waals surface area (Å²) in [5, 5.41) is 29.5. The Labute approximate surface area is 390 Å². The van der Waals surface area contributed by atoms with Gasteiger partial charge in [0, 0.05) is 109 Å². The van der Waals surface area contributed by atoms with Crippen LogP contribution < -0.4 is 31.9 Å². The van der Waals surface area contributed by atoms with Crippen molar-refractivity contribution in [2.75, 3.05) is 54.0 Å². The van der Waals surface area contributed by atoms with Crippen molar-refractivity contribution in [3.05, 3.63) is 108 Å². The topological polar surface area (TPSA) is 198 Å². The van der Waals surface area contributed by atoms with Crippen molar-refractivity contribution in [1.82, 2.24) is 15.0 Å². The summed E-state index contributed by atoms with van der Waals surface area (Å²) in [5.74, 6) is -4.35. The van der Waals surface area contributed by atoms with E-state index in [9.17, 15) is 39.5 Å². The van der Waals surface area contributed by atoms with E-state index < -0.39 is 54.4 Å². The molecule has 3 aliphatic heterocycles. The van der Waals surface area contributed by atoms with Crippen LogP contribution in [0.3, 0.4) is 0 Å².